The van der Waals surface area contributed by atoms with Gasteiger partial charge in [-0.15, -0.1) is 0 Å². The lowest BCUT2D eigenvalue weighted by Crippen LogP contribution is -2.41. The molecule has 5 N–H and O–H groups in total. The monoisotopic (exact) mass is 230 g/mol. The van der Waals surface area contributed by atoms with Gasteiger partial charge in [-0.1, -0.05) is 0 Å². The molecule has 0 radical (unpaired) electrons. The molecule has 0 saturated carbocycles. The number of nitrogens with one attached hydrogen (secondary N) is 2. The van der Waals surface area contributed by atoms with E-state index < -0.39 is 7.49 Å². The molecule has 0 bridgehead atoms. The molecule has 0 spiro atoms. The van der Waals surface area contributed by atoms with Crippen molar-refractivity contribution in [3.63, 3.8) is 0 Å². The van der Waals surface area contributed by atoms with Crippen LogP contribution in [0.2, 0.25) is 0 Å². The SMILES string of the molecule is C[P+](C)(O)C1CNCC(/C(C=N)=C/N)C1. The maximum absolute atomic E-state index is 10.1. The molecule has 5 heteroatoms. The zero-order valence-electron chi connectivity index (χ0n) is 9.40. The van der Waals surface area contributed by atoms with Gasteiger partial charge in [0, 0.05) is 25.2 Å². The molecule has 0 aromatic carbocycles. The van der Waals surface area contributed by atoms with Crippen LogP contribution in [0.5, 0.6) is 0 Å². The first-order chi connectivity index (χ1) is 6.99. The lowest BCUT2D eigenvalue weighted by Gasteiger charge is -2.32. The van der Waals surface area contributed by atoms with E-state index in [-0.39, 0.29) is 5.92 Å². The van der Waals surface area contributed by atoms with Crippen LogP contribution in [0.25, 0.3) is 0 Å². The van der Waals surface area contributed by atoms with Crippen molar-refractivity contribution in [2.24, 2.45) is 11.7 Å². The average molecular weight is 230 g/mol. The highest BCUT2D eigenvalue weighted by molar-refractivity contribution is 7.69. The van der Waals surface area contributed by atoms with E-state index in [0.29, 0.717) is 5.66 Å². The fraction of sp³-hybridized carbons (Fsp3) is 0.700. The van der Waals surface area contributed by atoms with Gasteiger partial charge >= 0.3 is 0 Å². The molecule has 1 rings (SSSR count). The van der Waals surface area contributed by atoms with Gasteiger partial charge in [-0.05, 0) is 18.2 Å². The van der Waals surface area contributed by atoms with Crippen molar-refractivity contribution < 1.29 is 4.89 Å². The first kappa shape index (κ1) is 12.6. The van der Waals surface area contributed by atoms with Crippen LogP contribution in [-0.4, -0.2) is 43.2 Å². The van der Waals surface area contributed by atoms with Gasteiger partial charge in [-0.2, -0.15) is 0 Å². The third kappa shape index (κ3) is 3.26. The Kier molecular flexibility index (Phi) is 4.26. The van der Waals surface area contributed by atoms with Gasteiger partial charge in [-0.3, -0.25) is 4.89 Å². The van der Waals surface area contributed by atoms with Crippen molar-refractivity contribution in [1.29, 1.82) is 5.41 Å². The highest BCUT2D eigenvalue weighted by Crippen LogP contribution is 2.54. The Morgan fingerprint density at radius 3 is 2.67 bits per heavy atom. The lowest BCUT2D eigenvalue weighted by molar-refractivity contribution is 0.419. The summed E-state index contributed by atoms with van der Waals surface area (Å²) >= 11 is 0. The molecular weight excluding hydrogens is 209 g/mol. The third-order valence-corrected chi connectivity index (χ3v) is 5.23. The molecular formula is C10H21N3OP+. The van der Waals surface area contributed by atoms with E-state index in [1.54, 1.807) is 0 Å². The number of nitrogens with two attached hydrogens (primary N) is 1. The molecule has 4 nitrogen and oxygen atoms in total. The highest BCUT2D eigenvalue weighted by atomic mass is 31.2. The van der Waals surface area contributed by atoms with Crippen molar-refractivity contribution in [2.45, 2.75) is 12.1 Å². The standard InChI is InChI=1S/C10H21N3OP/c1-15(2,14)10-3-8(6-13-7-10)9(4-11)5-12/h4-5,8,10-11,13-14H,3,6-7,12H2,1-2H3/q+1/b9-5+,11-4?. The van der Waals surface area contributed by atoms with E-state index in [0.717, 1.165) is 25.1 Å². The molecule has 0 aromatic heterocycles. The summed E-state index contributed by atoms with van der Waals surface area (Å²) in [5, 5.41) is 10.6. The van der Waals surface area contributed by atoms with E-state index >= 15 is 0 Å². The Morgan fingerprint density at radius 2 is 2.20 bits per heavy atom. The van der Waals surface area contributed by atoms with E-state index in [2.05, 4.69) is 5.32 Å². The first-order valence-electron chi connectivity index (χ1n) is 5.18. The van der Waals surface area contributed by atoms with Crippen LogP contribution >= 0.6 is 7.49 Å². The fourth-order valence-electron chi connectivity index (χ4n) is 1.96. The van der Waals surface area contributed by atoms with Crippen molar-refractivity contribution in [2.75, 3.05) is 26.4 Å². The largest absolute Gasteiger partial charge is 0.404 e. The molecule has 86 valence electrons. The Morgan fingerprint density at radius 1 is 1.53 bits per heavy atom. The van der Waals surface area contributed by atoms with Gasteiger partial charge in [0.25, 0.3) is 0 Å². The molecule has 2 unspecified atom stereocenters. The molecule has 15 heavy (non-hydrogen) atoms. The number of hydrogen-bond acceptors (Lipinski definition) is 4. The molecule has 2 atom stereocenters. The van der Waals surface area contributed by atoms with Crippen LogP contribution in [0.15, 0.2) is 11.8 Å². The molecule has 1 saturated heterocycles. The minimum absolute atomic E-state index is 0.276. The van der Waals surface area contributed by atoms with Gasteiger partial charge in [-0.25, -0.2) is 0 Å². The second-order valence-electron chi connectivity index (χ2n) is 4.53. The highest BCUT2D eigenvalue weighted by Gasteiger charge is 2.39. The van der Waals surface area contributed by atoms with E-state index in [1.807, 2.05) is 13.3 Å². The van der Waals surface area contributed by atoms with E-state index in [9.17, 15) is 4.89 Å². The summed E-state index contributed by atoms with van der Waals surface area (Å²) in [6.45, 7) is 5.62. The van der Waals surface area contributed by atoms with Gasteiger partial charge in [0.2, 0.25) is 0 Å². The Hall–Kier alpha value is -0.440. The zero-order chi connectivity index (χ0) is 11.5. The number of hydrogen-bond donors (Lipinski definition) is 4. The minimum Gasteiger partial charge on any atom is -0.404 e. The Labute approximate surface area is 91.9 Å². The van der Waals surface area contributed by atoms with Gasteiger partial charge in [0.15, 0.2) is 0 Å². The minimum atomic E-state index is -1.79. The third-order valence-electron chi connectivity index (χ3n) is 3.05. The quantitative estimate of drug-likeness (QED) is 0.424. The summed E-state index contributed by atoms with van der Waals surface area (Å²) < 4.78 is 0. The van der Waals surface area contributed by atoms with Crippen LogP contribution in [0.3, 0.4) is 0 Å². The summed E-state index contributed by atoms with van der Waals surface area (Å²) in [6.07, 6.45) is 3.75. The van der Waals surface area contributed by atoms with Gasteiger partial charge in [0.05, 0.1) is 13.3 Å². The number of rotatable bonds is 3. The lowest BCUT2D eigenvalue weighted by atomic mass is 9.92. The predicted molar refractivity (Wildman–Crippen MR) is 66.8 cm³/mol. The second kappa shape index (κ2) is 5.06. The van der Waals surface area contributed by atoms with Crippen LogP contribution in [0, 0.1) is 11.3 Å². The molecule has 1 heterocycles. The molecule has 1 aliphatic rings. The van der Waals surface area contributed by atoms with E-state index in [1.165, 1.54) is 12.4 Å². The summed E-state index contributed by atoms with van der Waals surface area (Å²) in [5.74, 6) is 0.276. The van der Waals surface area contributed by atoms with Gasteiger partial charge in [0.1, 0.15) is 13.1 Å². The summed E-state index contributed by atoms with van der Waals surface area (Å²) in [5.41, 5.74) is 6.66. The smallest absolute Gasteiger partial charge is 0.140 e. The van der Waals surface area contributed by atoms with Gasteiger partial charge < -0.3 is 16.5 Å². The maximum atomic E-state index is 10.1. The second-order valence-corrected chi connectivity index (χ2v) is 8.22. The van der Waals surface area contributed by atoms with Crippen LogP contribution < -0.4 is 11.1 Å². The van der Waals surface area contributed by atoms with Crippen molar-refractivity contribution in [3.8, 4) is 0 Å². The topological polar surface area (TPSA) is 82.1 Å². The Bertz CT molecular complexity index is 260. The van der Waals surface area contributed by atoms with Crippen molar-refractivity contribution >= 4 is 13.7 Å². The summed E-state index contributed by atoms with van der Waals surface area (Å²) in [6, 6.07) is 0. The van der Waals surface area contributed by atoms with Crippen molar-refractivity contribution in [3.05, 3.63) is 11.8 Å². The van der Waals surface area contributed by atoms with E-state index in [4.69, 9.17) is 11.1 Å². The average Bonchev–Trinajstić information content (AvgIpc) is 2.19. The number of piperidine rings is 1. The predicted octanol–water partition coefficient (Wildman–Crippen LogP) is 0.641. The summed E-state index contributed by atoms with van der Waals surface area (Å²) in [7, 11) is -1.79. The molecule has 0 aromatic rings. The normalized spacial score (nSPS) is 28.9. The molecule has 0 amide bonds. The Balaban J connectivity index is 2.68. The van der Waals surface area contributed by atoms with Crippen LogP contribution in [-0.2, 0) is 0 Å². The zero-order valence-corrected chi connectivity index (χ0v) is 10.3. The van der Waals surface area contributed by atoms with Crippen LogP contribution in [0.1, 0.15) is 6.42 Å². The van der Waals surface area contributed by atoms with Crippen molar-refractivity contribution in [1.82, 2.24) is 5.32 Å². The maximum Gasteiger partial charge on any atom is 0.140 e. The first-order valence-corrected chi connectivity index (χ1v) is 7.89. The fourth-order valence-corrected chi connectivity index (χ4v) is 3.30. The molecule has 0 aliphatic carbocycles. The van der Waals surface area contributed by atoms with Crippen LogP contribution in [0.4, 0.5) is 0 Å². The molecule has 1 fully saturated rings. The molecule has 1 aliphatic heterocycles. The summed E-state index contributed by atoms with van der Waals surface area (Å²) in [4.78, 5) is 10.1.